The third-order valence-electron chi connectivity index (χ3n) is 1.96. The van der Waals surface area contributed by atoms with Crippen molar-refractivity contribution in [3.63, 3.8) is 0 Å². The molecule has 0 aliphatic carbocycles. The Hall–Kier alpha value is -1.36. The standard InChI is InChI=1S/C12H21N3O2/c1-8(2)16-11-6-9(3)14-12(15-11)17-10(4)7-13-5/h6,8,10,13H,7H2,1-5H3. The van der Waals surface area contributed by atoms with Crippen LogP contribution in [0.2, 0.25) is 0 Å². The van der Waals surface area contributed by atoms with Crippen molar-refractivity contribution in [2.75, 3.05) is 13.6 Å². The predicted molar refractivity (Wildman–Crippen MR) is 66.5 cm³/mol. The zero-order valence-electron chi connectivity index (χ0n) is 11.2. The van der Waals surface area contributed by atoms with Crippen LogP contribution in [-0.2, 0) is 0 Å². The molecule has 1 aromatic rings. The van der Waals surface area contributed by atoms with Crippen LogP contribution < -0.4 is 14.8 Å². The Bertz CT molecular complexity index is 356. The zero-order chi connectivity index (χ0) is 12.8. The van der Waals surface area contributed by atoms with Crippen molar-refractivity contribution >= 4 is 0 Å². The van der Waals surface area contributed by atoms with E-state index in [2.05, 4.69) is 15.3 Å². The number of likely N-dealkylation sites (N-methyl/N-ethyl adjacent to an activating group) is 1. The largest absolute Gasteiger partial charge is 0.475 e. The number of hydrogen-bond acceptors (Lipinski definition) is 5. The van der Waals surface area contributed by atoms with Crippen molar-refractivity contribution in [2.24, 2.45) is 0 Å². The van der Waals surface area contributed by atoms with Crippen LogP contribution in [0.15, 0.2) is 6.07 Å². The van der Waals surface area contributed by atoms with Gasteiger partial charge in [-0.25, -0.2) is 4.98 Å². The topological polar surface area (TPSA) is 56.3 Å². The fourth-order valence-corrected chi connectivity index (χ4v) is 1.38. The minimum Gasteiger partial charge on any atom is -0.475 e. The third-order valence-corrected chi connectivity index (χ3v) is 1.96. The molecule has 0 bridgehead atoms. The SMILES string of the molecule is CNCC(C)Oc1nc(C)cc(OC(C)C)n1. The maximum absolute atomic E-state index is 5.59. The molecule has 1 heterocycles. The summed E-state index contributed by atoms with van der Waals surface area (Å²) in [5, 5.41) is 3.04. The van der Waals surface area contributed by atoms with Gasteiger partial charge in [0.2, 0.25) is 5.88 Å². The molecular weight excluding hydrogens is 218 g/mol. The molecule has 0 fully saturated rings. The highest BCUT2D eigenvalue weighted by molar-refractivity contribution is 5.17. The van der Waals surface area contributed by atoms with Gasteiger partial charge in [0, 0.05) is 18.3 Å². The van der Waals surface area contributed by atoms with E-state index < -0.39 is 0 Å². The summed E-state index contributed by atoms with van der Waals surface area (Å²) in [5.74, 6) is 0.555. The first kappa shape index (κ1) is 13.7. The molecule has 1 N–H and O–H groups in total. The molecule has 96 valence electrons. The Kier molecular flexibility index (Phi) is 5.15. The molecule has 5 heteroatoms. The summed E-state index contributed by atoms with van der Waals surface area (Å²) >= 11 is 0. The molecule has 1 unspecified atom stereocenters. The predicted octanol–water partition coefficient (Wildman–Crippen LogP) is 1.56. The lowest BCUT2D eigenvalue weighted by atomic mass is 10.4. The van der Waals surface area contributed by atoms with Crippen LogP contribution in [0.5, 0.6) is 11.9 Å². The van der Waals surface area contributed by atoms with Crippen LogP contribution in [-0.4, -0.2) is 35.8 Å². The van der Waals surface area contributed by atoms with E-state index in [1.807, 2.05) is 34.7 Å². The van der Waals surface area contributed by atoms with Crippen LogP contribution in [0.1, 0.15) is 26.5 Å². The van der Waals surface area contributed by atoms with Gasteiger partial charge >= 0.3 is 6.01 Å². The van der Waals surface area contributed by atoms with Crippen molar-refractivity contribution in [2.45, 2.75) is 39.9 Å². The molecule has 0 saturated carbocycles. The van der Waals surface area contributed by atoms with Gasteiger partial charge in [-0.1, -0.05) is 0 Å². The van der Waals surface area contributed by atoms with Gasteiger partial charge < -0.3 is 14.8 Å². The van der Waals surface area contributed by atoms with Gasteiger partial charge in [-0.05, 0) is 34.7 Å². The number of aromatic nitrogens is 2. The average molecular weight is 239 g/mol. The third kappa shape index (κ3) is 4.99. The van der Waals surface area contributed by atoms with Gasteiger partial charge in [-0.3, -0.25) is 0 Å². The van der Waals surface area contributed by atoms with Crippen LogP contribution in [0.25, 0.3) is 0 Å². The lowest BCUT2D eigenvalue weighted by molar-refractivity contribution is 0.190. The molecule has 5 nitrogen and oxygen atoms in total. The zero-order valence-corrected chi connectivity index (χ0v) is 11.2. The number of nitrogens with one attached hydrogen (secondary N) is 1. The molecule has 0 radical (unpaired) electrons. The van der Waals surface area contributed by atoms with Crippen molar-refractivity contribution in [3.05, 3.63) is 11.8 Å². The quantitative estimate of drug-likeness (QED) is 0.816. The second kappa shape index (κ2) is 6.39. The summed E-state index contributed by atoms with van der Waals surface area (Å²) < 4.78 is 11.1. The molecule has 0 spiro atoms. The molecule has 0 saturated heterocycles. The van der Waals surface area contributed by atoms with Gasteiger partial charge in [-0.2, -0.15) is 4.98 Å². The minimum absolute atomic E-state index is 0.0219. The van der Waals surface area contributed by atoms with Gasteiger partial charge in [0.25, 0.3) is 0 Å². The Morgan fingerprint density at radius 3 is 2.53 bits per heavy atom. The molecule has 1 rings (SSSR count). The summed E-state index contributed by atoms with van der Waals surface area (Å²) in [6, 6.07) is 2.17. The number of hydrogen-bond donors (Lipinski definition) is 1. The number of rotatable bonds is 6. The summed E-state index contributed by atoms with van der Waals surface area (Å²) in [7, 11) is 1.88. The Labute approximate surface area is 103 Å². The maximum atomic E-state index is 5.59. The van der Waals surface area contributed by atoms with Gasteiger partial charge in [0.15, 0.2) is 0 Å². The van der Waals surface area contributed by atoms with E-state index in [4.69, 9.17) is 9.47 Å². The van der Waals surface area contributed by atoms with Crippen LogP contribution in [0.3, 0.4) is 0 Å². The molecule has 0 aliphatic heterocycles. The van der Waals surface area contributed by atoms with Crippen molar-refractivity contribution < 1.29 is 9.47 Å². The average Bonchev–Trinajstić information content (AvgIpc) is 2.14. The van der Waals surface area contributed by atoms with Gasteiger partial charge in [-0.15, -0.1) is 0 Å². The van der Waals surface area contributed by atoms with Crippen LogP contribution in [0.4, 0.5) is 0 Å². The number of aryl methyl sites for hydroxylation is 1. The number of ether oxygens (including phenoxy) is 2. The molecular formula is C12H21N3O2. The molecule has 1 aromatic heterocycles. The summed E-state index contributed by atoms with van der Waals surface area (Å²) in [6.07, 6.45) is 0.112. The normalized spacial score (nSPS) is 12.6. The van der Waals surface area contributed by atoms with E-state index in [1.165, 1.54) is 0 Å². The fourth-order valence-electron chi connectivity index (χ4n) is 1.38. The highest BCUT2D eigenvalue weighted by Crippen LogP contribution is 2.15. The van der Waals surface area contributed by atoms with Crippen molar-refractivity contribution in [3.8, 4) is 11.9 Å². The molecule has 1 atom stereocenters. The van der Waals surface area contributed by atoms with E-state index in [0.717, 1.165) is 12.2 Å². The smallest absolute Gasteiger partial charge is 0.320 e. The van der Waals surface area contributed by atoms with Crippen LogP contribution >= 0.6 is 0 Å². The summed E-state index contributed by atoms with van der Waals surface area (Å²) in [6.45, 7) is 8.52. The summed E-state index contributed by atoms with van der Waals surface area (Å²) in [4.78, 5) is 8.43. The first-order valence-electron chi connectivity index (χ1n) is 5.85. The highest BCUT2D eigenvalue weighted by atomic mass is 16.5. The number of nitrogens with zero attached hydrogens (tertiary/aromatic N) is 2. The molecule has 17 heavy (non-hydrogen) atoms. The van der Waals surface area contributed by atoms with Crippen LogP contribution in [0, 0.1) is 6.92 Å². The highest BCUT2D eigenvalue weighted by Gasteiger charge is 2.09. The molecule has 0 aromatic carbocycles. The van der Waals surface area contributed by atoms with E-state index >= 15 is 0 Å². The molecule has 0 aliphatic rings. The Morgan fingerprint density at radius 1 is 1.24 bits per heavy atom. The van der Waals surface area contributed by atoms with Crippen molar-refractivity contribution in [1.29, 1.82) is 0 Å². The first-order valence-corrected chi connectivity index (χ1v) is 5.85. The van der Waals surface area contributed by atoms with E-state index in [1.54, 1.807) is 6.07 Å². The fraction of sp³-hybridized carbons (Fsp3) is 0.667. The second-order valence-corrected chi connectivity index (χ2v) is 4.28. The minimum atomic E-state index is 0.0219. The van der Waals surface area contributed by atoms with Crippen molar-refractivity contribution in [1.82, 2.24) is 15.3 Å². The monoisotopic (exact) mass is 239 g/mol. The second-order valence-electron chi connectivity index (χ2n) is 4.28. The summed E-state index contributed by atoms with van der Waals surface area (Å²) in [5.41, 5.74) is 0.835. The first-order chi connectivity index (χ1) is 8.01. The molecule has 0 amide bonds. The van der Waals surface area contributed by atoms with Gasteiger partial charge in [0.1, 0.15) is 6.10 Å². The van der Waals surface area contributed by atoms with E-state index in [-0.39, 0.29) is 12.2 Å². The Balaban J connectivity index is 2.74. The van der Waals surface area contributed by atoms with Gasteiger partial charge in [0.05, 0.1) is 6.10 Å². The lowest BCUT2D eigenvalue weighted by Crippen LogP contribution is -2.26. The van der Waals surface area contributed by atoms with E-state index in [9.17, 15) is 0 Å². The maximum Gasteiger partial charge on any atom is 0.320 e. The van der Waals surface area contributed by atoms with E-state index in [0.29, 0.717) is 11.9 Å². The Morgan fingerprint density at radius 2 is 1.94 bits per heavy atom. The lowest BCUT2D eigenvalue weighted by Gasteiger charge is -2.14.